The molecule has 3 rings (SSSR count). The molecule has 110 valence electrons. The molecule has 1 fully saturated rings. The Kier molecular flexibility index (Phi) is 3.75. The van der Waals surface area contributed by atoms with Crippen LogP contribution in [0.15, 0.2) is 36.7 Å². The summed E-state index contributed by atoms with van der Waals surface area (Å²) >= 11 is 0. The lowest BCUT2D eigenvalue weighted by Gasteiger charge is -2.14. The number of aliphatic hydroxyl groups is 1. The van der Waals surface area contributed by atoms with Crippen molar-refractivity contribution in [1.29, 1.82) is 0 Å². The number of amides is 1. The Labute approximate surface area is 123 Å². The summed E-state index contributed by atoms with van der Waals surface area (Å²) in [5.74, 6) is 0.200. The largest absolute Gasteiger partial charge is 0.396 e. The van der Waals surface area contributed by atoms with Gasteiger partial charge >= 0.3 is 0 Å². The molecule has 2 heterocycles. The summed E-state index contributed by atoms with van der Waals surface area (Å²) in [7, 11) is 0. The number of carbonyl (C=O) groups excluding carboxylic acids is 1. The van der Waals surface area contributed by atoms with Crippen molar-refractivity contribution < 1.29 is 9.90 Å². The summed E-state index contributed by atoms with van der Waals surface area (Å²) in [5.41, 5.74) is 2.68. The first kappa shape index (κ1) is 13.8. The Morgan fingerprint density at radius 2 is 2.24 bits per heavy atom. The van der Waals surface area contributed by atoms with E-state index in [0.717, 1.165) is 17.7 Å². The predicted octanol–water partition coefficient (Wildman–Crippen LogP) is 1.64. The fourth-order valence-electron chi connectivity index (χ4n) is 2.73. The molecule has 0 aliphatic carbocycles. The predicted molar refractivity (Wildman–Crippen MR) is 79.4 cm³/mol. The SMILES string of the molecule is Cc1ccccc1-n1cc(C(=O)N2CCC(CO)C2)cn1. The van der Waals surface area contributed by atoms with E-state index in [-0.39, 0.29) is 18.4 Å². The van der Waals surface area contributed by atoms with E-state index in [1.165, 1.54) is 0 Å². The molecule has 0 bridgehead atoms. The second-order valence-corrected chi connectivity index (χ2v) is 5.55. The number of carbonyl (C=O) groups is 1. The van der Waals surface area contributed by atoms with Crippen LogP contribution in [0.5, 0.6) is 0 Å². The minimum Gasteiger partial charge on any atom is -0.396 e. The number of aryl methyl sites for hydroxylation is 1. The van der Waals surface area contributed by atoms with Crippen LogP contribution in [0, 0.1) is 12.8 Å². The molecule has 1 atom stereocenters. The van der Waals surface area contributed by atoms with Crippen LogP contribution in [0.3, 0.4) is 0 Å². The minimum atomic E-state index is -0.00853. The highest BCUT2D eigenvalue weighted by molar-refractivity contribution is 5.94. The fraction of sp³-hybridized carbons (Fsp3) is 0.375. The van der Waals surface area contributed by atoms with E-state index in [1.807, 2.05) is 31.2 Å². The Morgan fingerprint density at radius 3 is 2.95 bits per heavy atom. The average molecular weight is 285 g/mol. The fourth-order valence-corrected chi connectivity index (χ4v) is 2.73. The van der Waals surface area contributed by atoms with Crippen molar-refractivity contribution in [3.63, 3.8) is 0 Å². The van der Waals surface area contributed by atoms with Gasteiger partial charge in [0.2, 0.25) is 0 Å². The molecule has 1 N–H and O–H groups in total. The van der Waals surface area contributed by atoms with Crippen molar-refractivity contribution in [1.82, 2.24) is 14.7 Å². The second kappa shape index (κ2) is 5.69. The third-order valence-electron chi connectivity index (χ3n) is 4.02. The summed E-state index contributed by atoms with van der Waals surface area (Å²) in [6, 6.07) is 7.94. The van der Waals surface area contributed by atoms with Crippen LogP contribution in [0.2, 0.25) is 0 Å². The van der Waals surface area contributed by atoms with Crippen molar-refractivity contribution in [3.05, 3.63) is 47.8 Å². The smallest absolute Gasteiger partial charge is 0.257 e. The topological polar surface area (TPSA) is 58.4 Å². The first-order valence-corrected chi connectivity index (χ1v) is 7.20. The van der Waals surface area contributed by atoms with Gasteiger partial charge in [-0.3, -0.25) is 4.79 Å². The van der Waals surface area contributed by atoms with Crippen LogP contribution in [0.1, 0.15) is 22.3 Å². The zero-order valence-electron chi connectivity index (χ0n) is 12.1. The van der Waals surface area contributed by atoms with E-state index < -0.39 is 0 Å². The van der Waals surface area contributed by atoms with E-state index in [9.17, 15) is 4.79 Å². The third-order valence-corrected chi connectivity index (χ3v) is 4.02. The summed E-state index contributed by atoms with van der Waals surface area (Å²) < 4.78 is 1.74. The highest BCUT2D eigenvalue weighted by Crippen LogP contribution is 2.19. The van der Waals surface area contributed by atoms with E-state index >= 15 is 0 Å². The van der Waals surface area contributed by atoms with Gasteiger partial charge in [-0.25, -0.2) is 4.68 Å². The summed E-state index contributed by atoms with van der Waals surface area (Å²) in [4.78, 5) is 14.2. The Balaban J connectivity index is 1.79. The monoisotopic (exact) mass is 285 g/mol. The number of hydrogen-bond donors (Lipinski definition) is 1. The average Bonchev–Trinajstić information content (AvgIpc) is 3.16. The lowest BCUT2D eigenvalue weighted by atomic mass is 10.1. The summed E-state index contributed by atoms with van der Waals surface area (Å²) in [5, 5.41) is 13.5. The minimum absolute atomic E-state index is 0.00853. The normalized spacial score (nSPS) is 18.2. The number of aliphatic hydroxyl groups excluding tert-OH is 1. The van der Waals surface area contributed by atoms with Gasteiger partial charge in [0.05, 0.1) is 17.4 Å². The molecule has 1 amide bonds. The molecule has 1 aliphatic rings. The zero-order valence-corrected chi connectivity index (χ0v) is 12.1. The summed E-state index contributed by atoms with van der Waals surface area (Å²) in [6.07, 6.45) is 4.26. The highest BCUT2D eigenvalue weighted by Gasteiger charge is 2.27. The zero-order chi connectivity index (χ0) is 14.8. The van der Waals surface area contributed by atoms with Crippen molar-refractivity contribution in [2.45, 2.75) is 13.3 Å². The molecule has 1 unspecified atom stereocenters. The molecule has 0 radical (unpaired) electrons. The number of para-hydroxylation sites is 1. The van der Waals surface area contributed by atoms with Gasteiger partial charge in [-0.1, -0.05) is 18.2 Å². The van der Waals surface area contributed by atoms with E-state index in [4.69, 9.17) is 5.11 Å². The van der Waals surface area contributed by atoms with Crippen molar-refractivity contribution in [2.24, 2.45) is 5.92 Å². The van der Waals surface area contributed by atoms with Crippen LogP contribution in [-0.2, 0) is 0 Å². The molecule has 1 aromatic carbocycles. The lowest BCUT2D eigenvalue weighted by Crippen LogP contribution is -2.28. The number of hydrogen-bond acceptors (Lipinski definition) is 3. The molecule has 5 nitrogen and oxygen atoms in total. The van der Waals surface area contributed by atoms with Crippen molar-refractivity contribution in [2.75, 3.05) is 19.7 Å². The number of rotatable bonds is 3. The maximum absolute atomic E-state index is 12.4. The van der Waals surface area contributed by atoms with Gasteiger partial charge in [0.15, 0.2) is 0 Å². The van der Waals surface area contributed by atoms with Crippen LogP contribution >= 0.6 is 0 Å². The van der Waals surface area contributed by atoms with Gasteiger partial charge in [0.1, 0.15) is 0 Å². The second-order valence-electron chi connectivity index (χ2n) is 5.55. The molecule has 5 heteroatoms. The van der Waals surface area contributed by atoms with Crippen molar-refractivity contribution in [3.8, 4) is 5.69 Å². The van der Waals surface area contributed by atoms with Crippen LogP contribution in [-0.4, -0.2) is 45.4 Å². The number of likely N-dealkylation sites (tertiary alicyclic amines) is 1. The van der Waals surface area contributed by atoms with Crippen molar-refractivity contribution >= 4 is 5.91 Å². The van der Waals surface area contributed by atoms with Gasteiger partial charge < -0.3 is 10.0 Å². The van der Waals surface area contributed by atoms with Gasteiger partial charge in [0.25, 0.3) is 5.91 Å². The first-order valence-electron chi connectivity index (χ1n) is 7.20. The number of aromatic nitrogens is 2. The molecular weight excluding hydrogens is 266 g/mol. The highest BCUT2D eigenvalue weighted by atomic mass is 16.3. The van der Waals surface area contributed by atoms with Crippen LogP contribution in [0.25, 0.3) is 5.69 Å². The van der Waals surface area contributed by atoms with Gasteiger partial charge in [-0.2, -0.15) is 5.10 Å². The molecule has 1 saturated heterocycles. The van der Waals surface area contributed by atoms with Crippen LogP contribution in [0.4, 0.5) is 0 Å². The Bertz CT molecular complexity index is 650. The Hall–Kier alpha value is -2.14. The maximum Gasteiger partial charge on any atom is 0.257 e. The molecule has 2 aromatic rings. The molecular formula is C16H19N3O2. The molecule has 1 aliphatic heterocycles. The maximum atomic E-state index is 12.4. The Morgan fingerprint density at radius 1 is 1.43 bits per heavy atom. The van der Waals surface area contributed by atoms with E-state index in [2.05, 4.69) is 5.10 Å². The van der Waals surface area contributed by atoms with Gasteiger partial charge in [-0.15, -0.1) is 0 Å². The summed E-state index contributed by atoms with van der Waals surface area (Å²) in [6.45, 7) is 3.50. The van der Waals surface area contributed by atoms with Gasteiger partial charge in [-0.05, 0) is 25.0 Å². The molecule has 21 heavy (non-hydrogen) atoms. The molecule has 0 saturated carbocycles. The molecule has 1 aromatic heterocycles. The van der Waals surface area contributed by atoms with Gasteiger partial charge in [0, 0.05) is 31.8 Å². The van der Waals surface area contributed by atoms with E-state index in [0.29, 0.717) is 18.7 Å². The lowest BCUT2D eigenvalue weighted by molar-refractivity contribution is 0.0782. The van der Waals surface area contributed by atoms with E-state index in [1.54, 1.807) is 22.0 Å². The third kappa shape index (κ3) is 2.69. The number of benzene rings is 1. The quantitative estimate of drug-likeness (QED) is 0.932. The van der Waals surface area contributed by atoms with Crippen LogP contribution < -0.4 is 0 Å². The first-order chi connectivity index (χ1) is 10.2. The molecule has 0 spiro atoms. The standard InChI is InChI=1S/C16H19N3O2/c1-12-4-2-3-5-15(12)19-10-14(8-17-19)16(21)18-7-6-13(9-18)11-20/h2-5,8,10,13,20H,6-7,9,11H2,1H3. The number of nitrogens with zero attached hydrogens (tertiary/aromatic N) is 3.